The topological polar surface area (TPSA) is 79.5 Å². The molecule has 4 rings (SSSR count). The van der Waals surface area contributed by atoms with Gasteiger partial charge >= 0.3 is 0 Å². The summed E-state index contributed by atoms with van der Waals surface area (Å²) in [5, 5.41) is 1.06. The molecule has 0 bridgehead atoms. The van der Waals surface area contributed by atoms with E-state index in [0.717, 1.165) is 55.3 Å². The standard InChI is InChI=1S/C25H29NO5S4/c27-35(28,29)18-4-3-11-26-21-5-1-2-6-24(21)34-25(26)10-8-20-7-9-22-23(19-20)31-13-15-33-17-16-32-14-12-30-22/h1-2,5-10,19H,3-4,11-18H2/b10-8+. The van der Waals surface area contributed by atoms with Crippen LogP contribution in [0.25, 0.3) is 22.4 Å². The largest absolute Gasteiger partial charge is 0.748 e. The fourth-order valence-corrected chi connectivity index (χ4v) is 7.13. The van der Waals surface area contributed by atoms with E-state index in [-0.39, 0.29) is 5.75 Å². The number of thioether (sulfide) groups is 2. The lowest BCUT2D eigenvalue weighted by Gasteiger charge is -2.14. The van der Waals surface area contributed by atoms with E-state index in [0.29, 0.717) is 32.6 Å². The van der Waals surface area contributed by atoms with E-state index in [4.69, 9.17) is 9.47 Å². The number of unbranched alkanes of at least 4 members (excludes halogenated alkanes) is 1. The van der Waals surface area contributed by atoms with Crippen molar-refractivity contribution in [2.24, 2.45) is 0 Å². The lowest BCUT2D eigenvalue weighted by atomic mass is 10.2. The van der Waals surface area contributed by atoms with Gasteiger partial charge in [-0.05, 0) is 36.3 Å². The van der Waals surface area contributed by atoms with Crippen LogP contribution in [0.1, 0.15) is 23.4 Å². The fourth-order valence-electron chi connectivity index (χ4n) is 3.73. The number of fused-ring (bicyclic) bond motifs is 2. The third-order valence-corrected chi connectivity index (χ3v) is 9.47. The number of hydrogen-bond donors (Lipinski definition) is 0. The molecule has 35 heavy (non-hydrogen) atoms. The van der Waals surface area contributed by atoms with E-state index in [1.807, 2.05) is 53.9 Å². The van der Waals surface area contributed by atoms with E-state index in [1.165, 1.54) is 0 Å². The van der Waals surface area contributed by atoms with Crippen molar-refractivity contribution >= 4 is 67.3 Å². The SMILES string of the molecule is O=S(=O)([O-])CCCC[n+]1c(/C=C/c2ccc3c(c2)OCCSCCSCCO3)sc2ccccc21. The number of aryl methyl sites for hydroxylation is 1. The molecule has 2 aromatic carbocycles. The van der Waals surface area contributed by atoms with Gasteiger partial charge in [0.05, 0.1) is 23.3 Å². The molecule has 1 aliphatic rings. The molecule has 0 amide bonds. The lowest BCUT2D eigenvalue weighted by molar-refractivity contribution is -0.669. The molecular weight excluding hydrogens is 523 g/mol. The molecular formula is C25H29NO5S4. The van der Waals surface area contributed by atoms with Crippen LogP contribution in [0.2, 0.25) is 0 Å². The van der Waals surface area contributed by atoms with Gasteiger partial charge in [-0.2, -0.15) is 28.1 Å². The van der Waals surface area contributed by atoms with Gasteiger partial charge in [0.15, 0.2) is 18.0 Å². The number of aromatic nitrogens is 1. The van der Waals surface area contributed by atoms with Crippen LogP contribution in [0.15, 0.2) is 42.5 Å². The maximum Gasteiger partial charge on any atom is 0.262 e. The Balaban J connectivity index is 1.53. The van der Waals surface area contributed by atoms with Crippen LogP contribution in [0.3, 0.4) is 0 Å². The molecule has 0 radical (unpaired) electrons. The summed E-state index contributed by atoms with van der Waals surface area (Å²) in [5.74, 6) is 5.41. The summed E-state index contributed by atoms with van der Waals surface area (Å²) in [6.07, 6.45) is 5.12. The van der Waals surface area contributed by atoms with E-state index in [9.17, 15) is 13.0 Å². The van der Waals surface area contributed by atoms with Crippen LogP contribution in [-0.4, -0.2) is 54.9 Å². The summed E-state index contributed by atoms with van der Waals surface area (Å²) in [4.78, 5) is 0. The van der Waals surface area contributed by atoms with Gasteiger partial charge in [-0.25, -0.2) is 8.42 Å². The smallest absolute Gasteiger partial charge is 0.262 e. The predicted octanol–water partition coefficient (Wildman–Crippen LogP) is 4.92. The molecule has 0 unspecified atom stereocenters. The zero-order valence-electron chi connectivity index (χ0n) is 19.4. The fraction of sp³-hybridized carbons (Fsp3) is 0.400. The highest BCUT2D eigenvalue weighted by Crippen LogP contribution is 2.30. The highest BCUT2D eigenvalue weighted by Gasteiger charge is 2.18. The first-order valence-electron chi connectivity index (χ1n) is 11.6. The predicted molar refractivity (Wildman–Crippen MR) is 147 cm³/mol. The quantitative estimate of drug-likeness (QED) is 0.234. The van der Waals surface area contributed by atoms with Crippen LogP contribution in [0.4, 0.5) is 0 Å². The molecule has 0 saturated carbocycles. The highest BCUT2D eigenvalue weighted by molar-refractivity contribution is 8.02. The van der Waals surface area contributed by atoms with Crippen molar-refractivity contribution in [2.45, 2.75) is 19.4 Å². The Morgan fingerprint density at radius 2 is 1.66 bits per heavy atom. The van der Waals surface area contributed by atoms with E-state index < -0.39 is 10.1 Å². The summed E-state index contributed by atoms with van der Waals surface area (Å²) in [7, 11) is -4.18. The number of rotatable bonds is 7. The number of ether oxygens (including phenoxy) is 2. The maximum atomic E-state index is 10.9. The number of benzene rings is 2. The van der Waals surface area contributed by atoms with Crippen molar-refractivity contribution in [1.82, 2.24) is 0 Å². The third kappa shape index (κ3) is 8.15. The highest BCUT2D eigenvalue weighted by atomic mass is 32.2. The Morgan fingerprint density at radius 1 is 0.914 bits per heavy atom. The molecule has 0 aliphatic carbocycles. The molecule has 3 aromatic rings. The van der Waals surface area contributed by atoms with Crippen molar-refractivity contribution in [3.8, 4) is 11.5 Å². The monoisotopic (exact) mass is 551 g/mol. The van der Waals surface area contributed by atoms with Crippen molar-refractivity contribution in [2.75, 3.05) is 42.0 Å². The molecule has 0 spiro atoms. The van der Waals surface area contributed by atoms with E-state index >= 15 is 0 Å². The van der Waals surface area contributed by atoms with Gasteiger partial charge < -0.3 is 14.0 Å². The zero-order valence-corrected chi connectivity index (χ0v) is 22.7. The molecule has 1 aliphatic heterocycles. The minimum atomic E-state index is -4.18. The molecule has 188 valence electrons. The zero-order chi connectivity index (χ0) is 24.5. The van der Waals surface area contributed by atoms with Gasteiger partial charge in [0.25, 0.3) is 5.01 Å². The number of thiazole rings is 1. The van der Waals surface area contributed by atoms with Gasteiger partial charge in [0.1, 0.15) is 4.70 Å². The van der Waals surface area contributed by atoms with E-state index in [2.05, 4.69) is 28.9 Å². The first-order chi connectivity index (χ1) is 17.0. The van der Waals surface area contributed by atoms with Crippen LogP contribution >= 0.6 is 34.9 Å². The molecule has 0 saturated heterocycles. The molecule has 0 atom stereocenters. The van der Waals surface area contributed by atoms with E-state index in [1.54, 1.807) is 11.3 Å². The number of nitrogens with zero attached hydrogens (tertiary/aromatic N) is 1. The number of para-hydroxylation sites is 1. The summed E-state index contributed by atoms with van der Waals surface area (Å²) in [6.45, 7) is 1.96. The minimum Gasteiger partial charge on any atom is -0.748 e. The third-order valence-electron chi connectivity index (χ3n) is 5.39. The first-order valence-corrected chi connectivity index (χ1v) is 16.3. The second-order valence-corrected chi connectivity index (χ2v) is 13.0. The van der Waals surface area contributed by atoms with Crippen molar-refractivity contribution in [3.05, 3.63) is 53.0 Å². The van der Waals surface area contributed by atoms with Gasteiger partial charge in [-0.3, -0.25) is 0 Å². The Bertz CT molecular complexity index is 1260. The van der Waals surface area contributed by atoms with Gasteiger partial charge in [-0.15, -0.1) is 0 Å². The summed E-state index contributed by atoms with van der Waals surface area (Å²) in [6, 6.07) is 14.2. The Labute approximate surface area is 219 Å². The van der Waals surface area contributed by atoms with Crippen molar-refractivity contribution in [1.29, 1.82) is 0 Å². The average Bonchev–Trinajstić information content (AvgIpc) is 3.18. The maximum absolute atomic E-state index is 10.9. The number of hydrogen-bond acceptors (Lipinski definition) is 8. The van der Waals surface area contributed by atoms with Gasteiger partial charge in [0.2, 0.25) is 5.52 Å². The second-order valence-electron chi connectivity index (χ2n) is 7.99. The Morgan fingerprint density at radius 3 is 2.43 bits per heavy atom. The molecule has 0 N–H and O–H groups in total. The second kappa shape index (κ2) is 13.0. The summed E-state index contributed by atoms with van der Waals surface area (Å²) >= 11 is 5.52. The normalized spacial score (nSPS) is 15.7. The Kier molecular flexibility index (Phi) is 9.79. The molecule has 1 aromatic heterocycles. The minimum absolute atomic E-state index is 0.324. The van der Waals surface area contributed by atoms with Gasteiger partial charge in [-0.1, -0.05) is 29.5 Å². The van der Waals surface area contributed by atoms with Crippen LogP contribution in [0, 0.1) is 0 Å². The van der Waals surface area contributed by atoms with Crippen LogP contribution in [0.5, 0.6) is 11.5 Å². The lowest BCUT2D eigenvalue weighted by Crippen LogP contribution is -2.35. The van der Waals surface area contributed by atoms with Crippen LogP contribution < -0.4 is 14.0 Å². The van der Waals surface area contributed by atoms with Gasteiger partial charge in [0, 0.05) is 47.3 Å². The molecule has 2 heterocycles. The summed E-state index contributed by atoms with van der Waals surface area (Å²) < 4.78 is 48.2. The van der Waals surface area contributed by atoms with Crippen molar-refractivity contribution < 1.29 is 27.0 Å². The summed E-state index contributed by atoms with van der Waals surface area (Å²) in [5.41, 5.74) is 2.12. The molecule has 6 nitrogen and oxygen atoms in total. The molecule has 10 heteroatoms. The first kappa shape index (κ1) is 26.3. The van der Waals surface area contributed by atoms with Crippen LogP contribution in [-0.2, 0) is 16.7 Å². The average molecular weight is 552 g/mol. The Hall–Kier alpha value is -1.72. The molecule has 0 fully saturated rings. The van der Waals surface area contributed by atoms with Crippen molar-refractivity contribution in [3.63, 3.8) is 0 Å².